The number of benzene rings is 1. The van der Waals surface area contributed by atoms with Gasteiger partial charge in [0.15, 0.2) is 9.84 Å². The average Bonchev–Trinajstić information content (AvgIpc) is 2.77. The van der Waals surface area contributed by atoms with Gasteiger partial charge in [0.05, 0.1) is 11.0 Å². The first-order valence-corrected chi connectivity index (χ1v) is 7.56. The van der Waals surface area contributed by atoms with Crippen LogP contribution in [0, 0.1) is 0 Å². The van der Waals surface area contributed by atoms with Crippen LogP contribution in [-0.4, -0.2) is 36.9 Å². The number of likely N-dealkylation sites (tertiary alicyclic amines) is 1. The Kier molecular flexibility index (Phi) is 2.41. The Morgan fingerprint density at radius 2 is 2.00 bits per heavy atom. The molecular weight excluding hydrogens is 236 g/mol. The van der Waals surface area contributed by atoms with Crippen LogP contribution in [0.5, 0.6) is 0 Å². The van der Waals surface area contributed by atoms with Gasteiger partial charge in [-0.3, -0.25) is 4.90 Å². The van der Waals surface area contributed by atoms with E-state index in [1.54, 1.807) is 0 Å². The molecule has 2 unspecified atom stereocenters. The molecule has 0 aliphatic carbocycles. The van der Waals surface area contributed by atoms with Gasteiger partial charge in [0.2, 0.25) is 0 Å². The van der Waals surface area contributed by atoms with Gasteiger partial charge in [-0.25, -0.2) is 8.42 Å². The smallest absolute Gasteiger partial charge is 0.156 e. The van der Waals surface area contributed by atoms with Crippen molar-refractivity contribution < 1.29 is 8.42 Å². The SMILES string of the molecule is Nc1ccc(CN2CC3CC2CS3(=O)=O)cc1. The Bertz CT molecular complexity index is 524. The summed E-state index contributed by atoms with van der Waals surface area (Å²) in [6, 6.07) is 8.02. The topological polar surface area (TPSA) is 63.4 Å². The summed E-state index contributed by atoms with van der Waals surface area (Å²) < 4.78 is 23.2. The average molecular weight is 252 g/mol. The van der Waals surface area contributed by atoms with E-state index in [-0.39, 0.29) is 11.3 Å². The first-order chi connectivity index (χ1) is 8.04. The van der Waals surface area contributed by atoms with Gasteiger partial charge in [-0.05, 0) is 24.1 Å². The second-order valence-corrected chi connectivity index (χ2v) is 7.34. The number of hydrogen-bond donors (Lipinski definition) is 1. The Labute approximate surface area is 101 Å². The zero-order valence-corrected chi connectivity index (χ0v) is 10.4. The van der Waals surface area contributed by atoms with Crippen LogP contribution in [0.1, 0.15) is 12.0 Å². The molecule has 1 aromatic rings. The molecule has 0 amide bonds. The fraction of sp³-hybridized carbons (Fsp3) is 0.500. The minimum Gasteiger partial charge on any atom is -0.399 e. The second-order valence-electron chi connectivity index (χ2n) is 5.01. The van der Waals surface area contributed by atoms with Crippen molar-refractivity contribution in [1.82, 2.24) is 4.90 Å². The number of nitrogens with two attached hydrogens (primary N) is 1. The highest BCUT2D eigenvalue weighted by Gasteiger charge is 2.47. The third-order valence-electron chi connectivity index (χ3n) is 3.79. The fourth-order valence-corrected chi connectivity index (χ4v) is 4.92. The Morgan fingerprint density at radius 1 is 1.29 bits per heavy atom. The van der Waals surface area contributed by atoms with Gasteiger partial charge < -0.3 is 5.73 Å². The predicted molar refractivity (Wildman–Crippen MR) is 67.2 cm³/mol. The standard InChI is InChI=1S/C12H16N2O2S/c13-10-3-1-9(2-4-10)6-14-7-12-5-11(14)8-17(12,15)16/h1-4,11-12H,5-8,13H2. The molecule has 2 aliphatic rings. The highest BCUT2D eigenvalue weighted by atomic mass is 32.2. The van der Waals surface area contributed by atoms with Crippen molar-refractivity contribution in [2.75, 3.05) is 18.0 Å². The maximum atomic E-state index is 11.6. The minimum absolute atomic E-state index is 0.124. The van der Waals surface area contributed by atoms with Crippen molar-refractivity contribution in [3.8, 4) is 0 Å². The Morgan fingerprint density at radius 3 is 2.53 bits per heavy atom. The molecule has 1 aromatic carbocycles. The number of nitrogen functional groups attached to an aromatic ring is 1. The van der Waals surface area contributed by atoms with Crippen LogP contribution in [0.3, 0.4) is 0 Å². The van der Waals surface area contributed by atoms with E-state index in [9.17, 15) is 8.42 Å². The molecular formula is C12H16N2O2S. The van der Waals surface area contributed by atoms with Gasteiger partial charge in [-0.1, -0.05) is 12.1 Å². The molecule has 2 N–H and O–H groups in total. The van der Waals surface area contributed by atoms with Gasteiger partial charge in [0, 0.05) is 24.8 Å². The number of fused-ring (bicyclic) bond motifs is 2. The van der Waals surface area contributed by atoms with E-state index in [4.69, 9.17) is 5.73 Å². The minimum atomic E-state index is -2.78. The van der Waals surface area contributed by atoms with Crippen molar-refractivity contribution in [1.29, 1.82) is 0 Å². The summed E-state index contributed by atoms with van der Waals surface area (Å²) >= 11 is 0. The third kappa shape index (κ3) is 1.93. The maximum absolute atomic E-state index is 11.6. The molecule has 0 spiro atoms. The van der Waals surface area contributed by atoms with Crippen LogP contribution in [0.15, 0.2) is 24.3 Å². The lowest BCUT2D eigenvalue weighted by Gasteiger charge is -2.26. The summed E-state index contributed by atoms with van der Waals surface area (Å²) in [4.78, 5) is 2.28. The number of sulfone groups is 1. The van der Waals surface area contributed by atoms with E-state index < -0.39 is 9.84 Å². The van der Waals surface area contributed by atoms with Gasteiger partial charge in [0.1, 0.15) is 0 Å². The summed E-state index contributed by atoms with van der Waals surface area (Å²) in [7, 11) is -2.78. The second kappa shape index (κ2) is 3.71. The molecule has 0 saturated carbocycles. The van der Waals surface area contributed by atoms with Crippen molar-refractivity contribution in [3.63, 3.8) is 0 Å². The van der Waals surface area contributed by atoms with Crippen LogP contribution in [0.4, 0.5) is 5.69 Å². The molecule has 2 fully saturated rings. The normalized spacial score (nSPS) is 30.8. The van der Waals surface area contributed by atoms with Gasteiger partial charge in [-0.15, -0.1) is 0 Å². The highest BCUT2D eigenvalue weighted by Crippen LogP contribution is 2.33. The lowest BCUT2D eigenvalue weighted by atomic mass is 10.2. The summed E-state index contributed by atoms with van der Waals surface area (Å²) in [5.74, 6) is 0.340. The first kappa shape index (κ1) is 11.0. The van der Waals surface area contributed by atoms with E-state index in [0.29, 0.717) is 12.3 Å². The van der Waals surface area contributed by atoms with Crippen LogP contribution < -0.4 is 5.73 Å². The van der Waals surface area contributed by atoms with Crippen LogP contribution in [0.25, 0.3) is 0 Å². The first-order valence-electron chi connectivity index (χ1n) is 5.84. The largest absolute Gasteiger partial charge is 0.399 e. The molecule has 2 heterocycles. The number of nitrogens with zero attached hydrogens (tertiary/aromatic N) is 1. The number of hydrogen-bond acceptors (Lipinski definition) is 4. The lowest BCUT2D eigenvalue weighted by Crippen LogP contribution is -2.39. The molecule has 5 heteroatoms. The summed E-state index contributed by atoms with van der Waals surface area (Å²) in [6.45, 7) is 1.52. The van der Waals surface area contributed by atoms with Crippen molar-refractivity contribution in [2.45, 2.75) is 24.3 Å². The van der Waals surface area contributed by atoms with E-state index in [1.807, 2.05) is 24.3 Å². The number of anilines is 1. The monoisotopic (exact) mass is 252 g/mol. The lowest BCUT2D eigenvalue weighted by molar-refractivity contribution is 0.257. The van der Waals surface area contributed by atoms with Crippen molar-refractivity contribution >= 4 is 15.5 Å². The highest BCUT2D eigenvalue weighted by molar-refractivity contribution is 7.92. The van der Waals surface area contributed by atoms with Gasteiger partial charge in [-0.2, -0.15) is 0 Å². The summed E-state index contributed by atoms with van der Waals surface area (Å²) in [6.07, 6.45) is 0.817. The molecule has 2 saturated heterocycles. The van der Waals surface area contributed by atoms with Crippen molar-refractivity contribution in [3.05, 3.63) is 29.8 Å². The molecule has 0 aromatic heterocycles. The van der Waals surface area contributed by atoms with Crippen LogP contribution in [-0.2, 0) is 16.4 Å². The fourth-order valence-electron chi connectivity index (χ4n) is 2.83. The van der Waals surface area contributed by atoms with Gasteiger partial charge in [0.25, 0.3) is 0 Å². The van der Waals surface area contributed by atoms with Gasteiger partial charge >= 0.3 is 0 Å². The molecule has 3 rings (SSSR count). The maximum Gasteiger partial charge on any atom is 0.156 e. The predicted octanol–water partition coefficient (Wildman–Crippen LogP) is 0.640. The summed E-state index contributed by atoms with van der Waals surface area (Å²) in [5, 5.41) is -0.124. The Balaban J connectivity index is 1.71. The molecule has 2 atom stereocenters. The van der Waals surface area contributed by atoms with Crippen LogP contribution in [0.2, 0.25) is 0 Å². The van der Waals surface area contributed by atoms with Crippen molar-refractivity contribution in [2.24, 2.45) is 0 Å². The van der Waals surface area contributed by atoms with Crippen LogP contribution >= 0.6 is 0 Å². The molecule has 4 nitrogen and oxygen atoms in total. The molecule has 92 valence electrons. The zero-order valence-electron chi connectivity index (χ0n) is 9.54. The summed E-state index contributed by atoms with van der Waals surface area (Å²) in [5.41, 5.74) is 7.60. The van der Waals surface area contributed by atoms with E-state index in [0.717, 1.165) is 18.7 Å². The molecule has 2 bridgehead atoms. The number of rotatable bonds is 2. The quantitative estimate of drug-likeness (QED) is 0.785. The zero-order chi connectivity index (χ0) is 12.0. The Hall–Kier alpha value is -1.07. The van der Waals surface area contributed by atoms with E-state index in [1.165, 1.54) is 5.56 Å². The van der Waals surface area contributed by atoms with E-state index in [2.05, 4.69) is 4.90 Å². The molecule has 17 heavy (non-hydrogen) atoms. The van der Waals surface area contributed by atoms with E-state index >= 15 is 0 Å². The third-order valence-corrected chi connectivity index (χ3v) is 5.99. The molecule has 2 aliphatic heterocycles. The molecule has 0 radical (unpaired) electrons.